The number of carbonyl (C=O) groups is 2. The Labute approximate surface area is 142 Å². The predicted molar refractivity (Wildman–Crippen MR) is 88.3 cm³/mol. The van der Waals surface area contributed by atoms with Crippen molar-refractivity contribution in [3.63, 3.8) is 0 Å². The Hall–Kier alpha value is -1.89. The van der Waals surface area contributed by atoms with Crippen molar-refractivity contribution in [1.29, 1.82) is 0 Å². The summed E-state index contributed by atoms with van der Waals surface area (Å²) in [6.45, 7) is 5.08. The van der Waals surface area contributed by atoms with Crippen LogP contribution in [0.25, 0.3) is 0 Å². The average Bonchev–Trinajstić information content (AvgIpc) is 3.26. The highest BCUT2D eigenvalue weighted by Gasteiger charge is 2.32. The summed E-state index contributed by atoms with van der Waals surface area (Å²) in [6, 6.07) is 1.87. The fraction of sp³-hybridized carbons (Fsp3) is 0.706. The van der Waals surface area contributed by atoms with Crippen molar-refractivity contribution in [2.75, 3.05) is 33.2 Å². The average molecular weight is 334 g/mol. The van der Waals surface area contributed by atoms with E-state index in [9.17, 15) is 9.59 Å². The second-order valence-corrected chi connectivity index (χ2v) is 6.96. The van der Waals surface area contributed by atoms with Gasteiger partial charge in [0.05, 0.1) is 11.7 Å². The van der Waals surface area contributed by atoms with Gasteiger partial charge in [0.25, 0.3) is 0 Å². The van der Waals surface area contributed by atoms with E-state index >= 15 is 0 Å². The number of rotatable bonds is 6. The van der Waals surface area contributed by atoms with Crippen LogP contribution in [-0.4, -0.2) is 66.0 Å². The third-order valence-electron chi connectivity index (χ3n) is 5.01. The van der Waals surface area contributed by atoms with E-state index in [1.807, 2.05) is 24.9 Å². The van der Waals surface area contributed by atoms with Crippen LogP contribution in [0, 0.1) is 12.8 Å². The summed E-state index contributed by atoms with van der Waals surface area (Å²) in [6.07, 6.45) is 2.98. The van der Waals surface area contributed by atoms with Crippen LogP contribution in [0.3, 0.4) is 0 Å². The molecule has 2 fully saturated rings. The molecular formula is C17H26N4O3. The van der Waals surface area contributed by atoms with E-state index in [2.05, 4.69) is 15.4 Å². The number of aromatic nitrogens is 1. The number of likely N-dealkylation sites (N-methyl/N-ethyl adjacent to an activating group) is 1. The highest BCUT2D eigenvalue weighted by atomic mass is 16.5. The van der Waals surface area contributed by atoms with Gasteiger partial charge in [-0.1, -0.05) is 5.16 Å². The van der Waals surface area contributed by atoms with Gasteiger partial charge in [-0.25, -0.2) is 0 Å². The number of hydrogen-bond acceptors (Lipinski definition) is 5. The number of hydrogen-bond donors (Lipinski definition) is 1. The van der Waals surface area contributed by atoms with E-state index in [0.29, 0.717) is 18.8 Å². The summed E-state index contributed by atoms with van der Waals surface area (Å²) in [7, 11) is 2.01. The second kappa shape index (κ2) is 7.34. The zero-order valence-corrected chi connectivity index (χ0v) is 14.5. The maximum absolute atomic E-state index is 12.4. The monoisotopic (exact) mass is 334 g/mol. The molecule has 1 N–H and O–H groups in total. The first kappa shape index (κ1) is 17.0. The van der Waals surface area contributed by atoms with Crippen LogP contribution in [0.1, 0.15) is 30.7 Å². The number of amides is 2. The molecule has 3 rings (SSSR count). The highest BCUT2D eigenvalue weighted by molar-refractivity contribution is 5.83. The summed E-state index contributed by atoms with van der Waals surface area (Å²) in [5.41, 5.74) is 0.837. The van der Waals surface area contributed by atoms with Crippen LogP contribution in [0.5, 0.6) is 0 Å². The van der Waals surface area contributed by atoms with E-state index in [1.54, 1.807) is 0 Å². The summed E-state index contributed by atoms with van der Waals surface area (Å²) < 4.78 is 5.03. The van der Waals surface area contributed by atoms with Crippen molar-refractivity contribution < 1.29 is 14.1 Å². The smallest absolute Gasteiger partial charge is 0.237 e. The van der Waals surface area contributed by atoms with Crippen LogP contribution in [0.15, 0.2) is 10.6 Å². The molecular weight excluding hydrogens is 308 g/mol. The minimum Gasteiger partial charge on any atom is -0.361 e. The summed E-state index contributed by atoms with van der Waals surface area (Å²) in [5, 5.41) is 6.81. The molecule has 7 nitrogen and oxygen atoms in total. The van der Waals surface area contributed by atoms with Crippen molar-refractivity contribution in [1.82, 2.24) is 20.3 Å². The van der Waals surface area contributed by atoms with Gasteiger partial charge in [0, 0.05) is 45.1 Å². The molecule has 3 heterocycles. The summed E-state index contributed by atoms with van der Waals surface area (Å²) >= 11 is 0. The standard InChI is InChI=1S/C17H26N4O3/c1-12-9-14(19-24-12)3-4-16(22)21-8-6-13(11-21)10-20(2)15-5-7-18-17(15)23/h9,13,15H,3-8,10-11H2,1-2H3,(H,18,23). The van der Waals surface area contributed by atoms with Gasteiger partial charge in [-0.2, -0.15) is 0 Å². The van der Waals surface area contributed by atoms with Crippen molar-refractivity contribution in [3.05, 3.63) is 17.5 Å². The minimum atomic E-state index is -0.00911. The van der Waals surface area contributed by atoms with E-state index in [-0.39, 0.29) is 17.9 Å². The van der Waals surface area contributed by atoms with Crippen LogP contribution in [0.4, 0.5) is 0 Å². The lowest BCUT2D eigenvalue weighted by molar-refractivity contribution is -0.130. The summed E-state index contributed by atoms with van der Waals surface area (Å²) in [5.74, 6) is 1.53. The molecule has 0 aromatic carbocycles. The van der Waals surface area contributed by atoms with E-state index in [4.69, 9.17) is 4.52 Å². The molecule has 1 aromatic rings. The number of nitrogens with zero attached hydrogens (tertiary/aromatic N) is 3. The second-order valence-electron chi connectivity index (χ2n) is 6.96. The van der Waals surface area contributed by atoms with Crippen LogP contribution >= 0.6 is 0 Å². The minimum absolute atomic E-state index is 0.00911. The van der Waals surface area contributed by atoms with Crippen molar-refractivity contribution in [2.45, 2.75) is 38.6 Å². The van der Waals surface area contributed by atoms with Crippen molar-refractivity contribution in [2.24, 2.45) is 5.92 Å². The Bertz CT molecular complexity index is 600. The maximum atomic E-state index is 12.4. The molecule has 2 amide bonds. The fourth-order valence-corrected chi connectivity index (χ4v) is 3.67. The first-order chi connectivity index (χ1) is 11.5. The molecule has 0 aliphatic carbocycles. The van der Waals surface area contributed by atoms with Gasteiger partial charge < -0.3 is 14.7 Å². The highest BCUT2D eigenvalue weighted by Crippen LogP contribution is 2.20. The molecule has 132 valence electrons. The molecule has 0 spiro atoms. The van der Waals surface area contributed by atoms with Crippen LogP contribution < -0.4 is 5.32 Å². The zero-order valence-electron chi connectivity index (χ0n) is 14.5. The number of carbonyl (C=O) groups excluding carboxylic acids is 2. The largest absolute Gasteiger partial charge is 0.361 e. The summed E-state index contributed by atoms with van der Waals surface area (Å²) in [4.78, 5) is 28.2. The van der Waals surface area contributed by atoms with Gasteiger partial charge in [0.1, 0.15) is 5.76 Å². The van der Waals surface area contributed by atoms with E-state index in [0.717, 1.165) is 50.5 Å². The van der Waals surface area contributed by atoms with Crippen molar-refractivity contribution >= 4 is 11.8 Å². The Morgan fingerprint density at radius 2 is 2.33 bits per heavy atom. The molecule has 2 unspecified atom stereocenters. The quantitative estimate of drug-likeness (QED) is 0.823. The SMILES string of the molecule is Cc1cc(CCC(=O)N2CCC(CN(C)C3CCNC3=O)C2)no1. The Balaban J connectivity index is 1.42. The lowest BCUT2D eigenvalue weighted by Crippen LogP contribution is -2.41. The normalized spacial score (nSPS) is 24.0. The maximum Gasteiger partial charge on any atom is 0.237 e. The first-order valence-electron chi connectivity index (χ1n) is 8.71. The topological polar surface area (TPSA) is 78.7 Å². The molecule has 2 saturated heterocycles. The molecule has 0 bridgehead atoms. The lowest BCUT2D eigenvalue weighted by atomic mass is 10.1. The fourth-order valence-electron chi connectivity index (χ4n) is 3.67. The Morgan fingerprint density at radius 3 is 3.00 bits per heavy atom. The van der Waals surface area contributed by atoms with Gasteiger partial charge in [-0.05, 0) is 32.7 Å². The molecule has 2 atom stereocenters. The Kier molecular flexibility index (Phi) is 5.18. The molecule has 2 aliphatic rings. The molecule has 0 radical (unpaired) electrons. The number of likely N-dealkylation sites (tertiary alicyclic amines) is 1. The lowest BCUT2D eigenvalue weighted by Gasteiger charge is -2.25. The molecule has 1 aromatic heterocycles. The molecule has 24 heavy (non-hydrogen) atoms. The van der Waals surface area contributed by atoms with Gasteiger partial charge in [0.15, 0.2) is 0 Å². The van der Waals surface area contributed by atoms with Gasteiger partial charge >= 0.3 is 0 Å². The van der Waals surface area contributed by atoms with E-state index < -0.39 is 0 Å². The van der Waals surface area contributed by atoms with Gasteiger partial charge in [-0.3, -0.25) is 14.5 Å². The Morgan fingerprint density at radius 1 is 1.50 bits per heavy atom. The first-order valence-corrected chi connectivity index (χ1v) is 8.71. The molecule has 7 heteroatoms. The van der Waals surface area contributed by atoms with Crippen molar-refractivity contribution in [3.8, 4) is 0 Å². The van der Waals surface area contributed by atoms with E-state index in [1.165, 1.54) is 0 Å². The molecule has 0 saturated carbocycles. The third-order valence-corrected chi connectivity index (χ3v) is 5.01. The number of aryl methyl sites for hydroxylation is 2. The predicted octanol–water partition coefficient (Wildman–Crippen LogP) is 0.584. The van der Waals surface area contributed by atoms with Gasteiger partial charge in [0.2, 0.25) is 11.8 Å². The van der Waals surface area contributed by atoms with Crippen LogP contribution in [-0.2, 0) is 16.0 Å². The van der Waals surface area contributed by atoms with Crippen LogP contribution in [0.2, 0.25) is 0 Å². The zero-order chi connectivity index (χ0) is 17.1. The number of nitrogens with one attached hydrogen (secondary N) is 1. The molecule has 2 aliphatic heterocycles. The van der Waals surface area contributed by atoms with Gasteiger partial charge in [-0.15, -0.1) is 0 Å². The third kappa shape index (κ3) is 3.95.